The Morgan fingerprint density at radius 2 is 1.64 bits per heavy atom. The second-order valence-corrected chi connectivity index (χ2v) is 8.13. The molecule has 2 atom stereocenters. The highest BCUT2D eigenvalue weighted by Crippen LogP contribution is 2.54. The van der Waals surface area contributed by atoms with Crippen molar-refractivity contribution in [1.29, 1.82) is 0 Å². The maximum absolute atomic E-state index is 14.3. The van der Waals surface area contributed by atoms with Gasteiger partial charge in [-0.05, 0) is 64.2 Å². The Kier molecular flexibility index (Phi) is 4.28. The summed E-state index contributed by atoms with van der Waals surface area (Å²) in [5.41, 5.74) is 11.6. The molecule has 4 aromatic rings. The zero-order chi connectivity index (χ0) is 22.7. The normalized spacial score (nSPS) is 17.5. The number of ether oxygens (including phenoxy) is 1. The second-order valence-electron chi connectivity index (χ2n) is 8.13. The minimum Gasteiger partial charge on any atom is -0.384 e. The van der Waals surface area contributed by atoms with Gasteiger partial charge in [-0.1, -0.05) is 18.2 Å². The number of nitrogens with one attached hydrogen (secondary N) is 1. The van der Waals surface area contributed by atoms with Crippen molar-refractivity contribution in [3.8, 4) is 11.1 Å². The van der Waals surface area contributed by atoms with Crippen LogP contribution in [0.5, 0.6) is 0 Å². The van der Waals surface area contributed by atoms with Crippen LogP contribution in [0.3, 0.4) is 0 Å². The lowest BCUT2D eigenvalue weighted by molar-refractivity contribution is 0.0857. The summed E-state index contributed by atoms with van der Waals surface area (Å²) in [7, 11) is 0. The van der Waals surface area contributed by atoms with Crippen molar-refractivity contribution >= 4 is 17.4 Å². The first-order valence-electron chi connectivity index (χ1n) is 10.4. The van der Waals surface area contributed by atoms with Crippen LogP contribution in [0.2, 0.25) is 0 Å². The van der Waals surface area contributed by atoms with Gasteiger partial charge in [-0.2, -0.15) is 0 Å². The number of fused-ring (bicyclic) bond motifs is 8. The van der Waals surface area contributed by atoms with E-state index in [1.807, 2.05) is 30.3 Å². The van der Waals surface area contributed by atoms with Crippen LogP contribution in [0.4, 0.5) is 20.3 Å². The fraction of sp³-hybridized carbons (Fsp3) is 0.0769. The van der Waals surface area contributed by atoms with Crippen LogP contribution in [0.25, 0.3) is 11.1 Å². The standard InChI is InChI=1S/C26H17F2N3O2/c27-15-3-6-17(22(28)11-15)13-1-4-18-20(9-13)25-21-10-14(2-5-19(21)24(18)33-25)26(32)31-16-7-8-30-23(29)12-16/h1-12,24-25H,(H3,29,30,31,32). The zero-order valence-electron chi connectivity index (χ0n) is 17.2. The Morgan fingerprint density at radius 1 is 0.879 bits per heavy atom. The SMILES string of the molecule is Nc1cc(NC(=O)c2ccc3c(c2)C2OC3c3ccc(-c4ccc(F)cc4F)cc32)ccn1. The number of hydrogen-bond acceptors (Lipinski definition) is 4. The summed E-state index contributed by atoms with van der Waals surface area (Å²) in [4.78, 5) is 16.7. The molecule has 2 unspecified atom stereocenters. The van der Waals surface area contributed by atoms with E-state index in [4.69, 9.17) is 10.5 Å². The van der Waals surface area contributed by atoms with Gasteiger partial charge in [-0.3, -0.25) is 4.79 Å². The highest BCUT2D eigenvalue weighted by molar-refractivity contribution is 6.04. The summed E-state index contributed by atoms with van der Waals surface area (Å²) < 4.78 is 33.9. The molecule has 0 saturated heterocycles. The molecule has 6 rings (SSSR count). The van der Waals surface area contributed by atoms with E-state index in [-0.39, 0.29) is 18.1 Å². The first kappa shape index (κ1) is 19.6. The van der Waals surface area contributed by atoms with Crippen molar-refractivity contribution in [2.75, 3.05) is 11.1 Å². The van der Waals surface area contributed by atoms with E-state index in [1.165, 1.54) is 18.3 Å². The number of halogens is 2. The lowest BCUT2D eigenvalue weighted by Gasteiger charge is -2.18. The van der Waals surface area contributed by atoms with E-state index >= 15 is 0 Å². The highest BCUT2D eigenvalue weighted by Gasteiger charge is 2.43. The number of anilines is 2. The van der Waals surface area contributed by atoms with Crippen LogP contribution in [-0.2, 0) is 4.74 Å². The van der Waals surface area contributed by atoms with Gasteiger partial charge in [0.05, 0.1) is 0 Å². The molecule has 1 amide bonds. The smallest absolute Gasteiger partial charge is 0.255 e. The molecule has 0 fully saturated rings. The third kappa shape index (κ3) is 3.16. The minimum absolute atomic E-state index is 0.232. The van der Waals surface area contributed by atoms with E-state index in [1.54, 1.807) is 18.2 Å². The third-order valence-electron chi connectivity index (χ3n) is 6.12. The van der Waals surface area contributed by atoms with Gasteiger partial charge in [0.15, 0.2) is 0 Å². The van der Waals surface area contributed by atoms with Crippen LogP contribution >= 0.6 is 0 Å². The molecule has 2 aliphatic rings. The lowest BCUT2D eigenvalue weighted by atomic mass is 9.83. The predicted octanol–water partition coefficient (Wildman–Crippen LogP) is 5.38. The second kappa shape index (κ2) is 7.21. The first-order chi connectivity index (χ1) is 16.0. The number of hydrogen-bond donors (Lipinski definition) is 2. The maximum atomic E-state index is 14.3. The minimum atomic E-state index is -0.617. The molecule has 2 bridgehead atoms. The maximum Gasteiger partial charge on any atom is 0.255 e. The molecule has 3 aromatic carbocycles. The number of rotatable bonds is 3. The molecule has 0 saturated carbocycles. The first-order valence-corrected chi connectivity index (χ1v) is 10.4. The molecule has 3 N–H and O–H groups in total. The molecule has 0 spiro atoms. The summed E-state index contributed by atoms with van der Waals surface area (Å²) in [5, 5.41) is 2.82. The highest BCUT2D eigenvalue weighted by atomic mass is 19.1. The van der Waals surface area contributed by atoms with Crippen LogP contribution < -0.4 is 11.1 Å². The van der Waals surface area contributed by atoms with Gasteiger partial charge in [0.25, 0.3) is 5.91 Å². The number of nitrogen functional groups attached to an aromatic ring is 1. The van der Waals surface area contributed by atoms with E-state index in [0.717, 1.165) is 28.3 Å². The molecule has 33 heavy (non-hydrogen) atoms. The third-order valence-corrected chi connectivity index (χ3v) is 6.12. The number of benzene rings is 3. The Labute approximate surface area is 187 Å². The van der Waals surface area contributed by atoms with E-state index in [9.17, 15) is 13.6 Å². The summed E-state index contributed by atoms with van der Waals surface area (Å²) in [6, 6.07) is 17.9. The van der Waals surface area contributed by atoms with Gasteiger partial charge in [0.1, 0.15) is 29.7 Å². The number of amides is 1. The number of carbonyl (C=O) groups excluding carboxylic acids is 1. The average Bonchev–Trinajstić information content (AvgIpc) is 3.36. The predicted molar refractivity (Wildman–Crippen MR) is 120 cm³/mol. The topological polar surface area (TPSA) is 77.2 Å². The van der Waals surface area contributed by atoms with E-state index in [0.29, 0.717) is 28.2 Å². The summed E-state index contributed by atoms with van der Waals surface area (Å²) in [6.07, 6.45) is 0.941. The molecule has 0 aliphatic carbocycles. The monoisotopic (exact) mass is 441 g/mol. The summed E-state index contributed by atoms with van der Waals surface area (Å²) in [5.74, 6) is -1.19. The van der Waals surface area contributed by atoms with Gasteiger partial charge in [0.2, 0.25) is 0 Å². The van der Waals surface area contributed by atoms with Crippen molar-refractivity contribution in [3.05, 3.63) is 112 Å². The van der Waals surface area contributed by atoms with E-state index < -0.39 is 11.6 Å². The zero-order valence-corrected chi connectivity index (χ0v) is 17.2. The van der Waals surface area contributed by atoms with Crippen molar-refractivity contribution in [3.63, 3.8) is 0 Å². The molecule has 3 heterocycles. The number of pyridine rings is 1. The van der Waals surface area contributed by atoms with Crippen molar-refractivity contribution in [1.82, 2.24) is 4.98 Å². The Morgan fingerprint density at radius 3 is 2.42 bits per heavy atom. The van der Waals surface area contributed by atoms with Gasteiger partial charge in [0, 0.05) is 35.1 Å². The van der Waals surface area contributed by atoms with Gasteiger partial charge in [-0.25, -0.2) is 13.8 Å². The van der Waals surface area contributed by atoms with Gasteiger partial charge < -0.3 is 15.8 Å². The van der Waals surface area contributed by atoms with E-state index in [2.05, 4.69) is 10.3 Å². The van der Waals surface area contributed by atoms with Crippen molar-refractivity contribution in [2.45, 2.75) is 12.2 Å². The largest absolute Gasteiger partial charge is 0.384 e. The van der Waals surface area contributed by atoms with Crippen molar-refractivity contribution in [2.24, 2.45) is 0 Å². The molecule has 2 aliphatic heterocycles. The van der Waals surface area contributed by atoms with Crippen LogP contribution in [0.1, 0.15) is 44.8 Å². The average molecular weight is 441 g/mol. The molecule has 0 radical (unpaired) electrons. The fourth-order valence-corrected chi connectivity index (χ4v) is 4.61. The Bertz CT molecular complexity index is 1450. The lowest BCUT2D eigenvalue weighted by Crippen LogP contribution is -2.13. The summed E-state index contributed by atoms with van der Waals surface area (Å²) in [6.45, 7) is 0. The number of nitrogens with two attached hydrogens (primary N) is 1. The molecule has 162 valence electrons. The molecular weight excluding hydrogens is 424 g/mol. The molecule has 1 aromatic heterocycles. The number of nitrogens with zero attached hydrogens (tertiary/aromatic N) is 1. The Balaban J connectivity index is 1.33. The molecule has 5 nitrogen and oxygen atoms in total. The fourth-order valence-electron chi connectivity index (χ4n) is 4.61. The van der Waals surface area contributed by atoms with Crippen molar-refractivity contribution < 1.29 is 18.3 Å². The molecular formula is C26H17F2N3O2. The van der Waals surface area contributed by atoms with Gasteiger partial charge >= 0.3 is 0 Å². The number of carbonyl (C=O) groups is 1. The van der Waals surface area contributed by atoms with Crippen LogP contribution in [0.15, 0.2) is 72.9 Å². The van der Waals surface area contributed by atoms with Crippen LogP contribution in [-0.4, -0.2) is 10.9 Å². The quantitative estimate of drug-likeness (QED) is 0.447. The molecule has 7 heteroatoms. The van der Waals surface area contributed by atoms with Gasteiger partial charge in [-0.15, -0.1) is 0 Å². The Hall–Kier alpha value is -4.10. The summed E-state index contributed by atoms with van der Waals surface area (Å²) >= 11 is 0. The van der Waals surface area contributed by atoms with Crippen LogP contribution in [0, 0.1) is 11.6 Å². The number of aromatic nitrogens is 1.